The molecule has 29 heavy (non-hydrogen) atoms. The molecule has 0 radical (unpaired) electrons. The SMILES string of the molecule is CC(C)CCCCCc1c(C(C)(C)C)cc(CC(O)(S)C(=O)O)cc1C(C)(C)C. The van der Waals surface area contributed by atoms with Crippen molar-refractivity contribution in [2.45, 2.75) is 110 Å². The van der Waals surface area contributed by atoms with E-state index in [1.165, 1.54) is 36.0 Å². The fraction of sp³-hybridized carbons (Fsp3) is 0.720. The van der Waals surface area contributed by atoms with Crippen LogP contribution in [0.2, 0.25) is 0 Å². The predicted molar refractivity (Wildman–Crippen MR) is 126 cm³/mol. The molecule has 4 heteroatoms. The summed E-state index contributed by atoms with van der Waals surface area (Å²) in [5, 5.41) is 19.5. The van der Waals surface area contributed by atoms with Crippen molar-refractivity contribution in [3.05, 3.63) is 34.4 Å². The molecule has 0 aliphatic rings. The van der Waals surface area contributed by atoms with Gasteiger partial charge in [0.2, 0.25) is 4.93 Å². The van der Waals surface area contributed by atoms with E-state index in [9.17, 15) is 15.0 Å². The third-order valence-corrected chi connectivity index (χ3v) is 5.78. The highest BCUT2D eigenvalue weighted by molar-refractivity contribution is 7.82. The van der Waals surface area contributed by atoms with Crippen LogP contribution in [0.5, 0.6) is 0 Å². The summed E-state index contributed by atoms with van der Waals surface area (Å²) in [6.45, 7) is 17.7. The Morgan fingerprint density at radius 3 is 1.83 bits per heavy atom. The number of aliphatic hydroxyl groups is 1. The number of carbonyl (C=O) groups is 1. The molecule has 166 valence electrons. The molecule has 1 unspecified atom stereocenters. The molecule has 0 fully saturated rings. The first-order chi connectivity index (χ1) is 13.1. The first-order valence-electron chi connectivity index (χ1n) is 10.9. The molecule has 0 aromatic heterocycles. The maximum absolute atomic E-state index is 11.4. The van der Waals surface area contributed by atoms with Crippen molar-refractivity contribution in [2.24, 2.45) is 5.92 Å². The van der Waals surface area contributed by atoms with Gasteiger partial charge in [-0.2, -0.15) is 0 Å². The average molecular weight is 423 g/mol. The minimum atomic E-state index is -2.07. The van der Waals surface area contributed by atoms with Crippen LogP contribution in [-0.2, 0) is 28.5 Å². The second-order valence-electron chi connectivity index (χ2n) is 11.0. The van der Waals surface area contributed by atoms with Gasteiger partial charge in [-0.25, -0.2) is 4.79 Å². The van der Waals surface area contributed by atoms with E-state index in [-0.39, 0.29) is 17.3 Å². The Bertz CT molecular complexity index is 656. The smallest absolute Gasteiger partial charge is 0.346 e. The molecule has 1 rings (SSSR count). The van der Waals surface area contributed by atoms with Gasteiger partial charge < -0.3 is 10.2 Å². The molecular formula is C25H42O3S. The molecule has 0 saturated heterocycles. The Labute approximate surface area is 183 Å². The Balaban J connectivity index is 3.35. The molecule has 0 aliphatic heterocycles. The van der Waals surface area contributed by atoms with E-state index >= 15 is 0 Å². The van der Waals surface area contributed by atoms with Gasteiger partial charge in [0.05, 0.1) is 0 Å². The van der Waals surface area contributed by atoms with Gasteiger partial charge in [-0.05, 0) is 51.8 Å². The summed E-state index contributed by atoms with van der Waals surface area (Å²) in [7, 11) is 0. The number of benzene rings is 1. The van der Waals surface area contributed by atoms with Crippen molar-refractivity contribution in [3.63, 3.8) is 0 Å². The third kappa shape index (κ3) is 7.97. The first kappa shape index (κ1) is 26.0. The van der Waals surface area contributed by atoms with Crippen molar-refractivity contribution < 1.29 is 15.0 Å². The van der Waals surface area contributed by atoms with Crippen LogP contribution in [0.4, 0.5) is 0 Å². The summed E-state index contributed by atoms with van der Waals surface area (Å²) in [6, 6.07) is 4.17. The number of hydrogen-bond acceptors (Lipinski definition) is 3. The highest BCUT2D eigenvalue weighted by Gasteiger charge is 2.33. The number of carboxylic acid groups (broad SMARTS) is 1. The molecule has 0 saturated carbocycles. The van der Waals surface area contributed by atoms with E-state index in [2.05, 4.69) is 80.2 Å². The first-order valence-corrected chi connectivity index (χ1v) is 11.4. The molecule has 1 aromatic carbocycles. The van der Waals surface area contributed by atoms with Crippen LogP contribution < -0.4 is 0 Å². The number of unbranched alkanes of at least 4 members (excludes halogenated alkanes) is 2. The molecular weight excluding hydrogens is 380 g/mol. The van der Waals surface area contributed by atoms with Crippen molar-refractivity contribution in [1.29, 1.82) is 0 Å². The van der Waals surface area contributed by atoms with Gasteiger partial charge in [0.15, 0.2) is 0 Å². The lowest BCUT2D eigenvalue weighted by atomic mass is 9.73. The van der Waals surface area contributed by atoms with Crippen LogP contribution in [0, 0.1) is 5.92 Å². The predicted octanol–water partition coefficient (Wildman–Crippen LogP) is 6.29. The van der Waals surface area contributed by atoms with Gasteiger partial charge in [-0.1, -0.05) is 86.8 Å². The van der Waals surface area contributed by atoms with Gasteiger partial charge >= 0.3 is 5.97 Å². The topological polar surface area (TPSA) is 57.5 Å². The van der Waals surface area contributed by atoms with Crippen molar-refractivity contribution in [1.82, 2.24) is 0 Å². The van der Waals surface area contributed by atoms with Crippen LogP contribution in [0.25, 0.3) is 0 Å². The van der Waals surface area contributed by atoms with Crippen molar-refractivity contribution in [2.75, 3.05) is 0 Å². The lowest BCUT2D eigenvalue weighted by Crippen LogP contribution is -2.35. The van der Waals surface area contributed by atoms with Crippen LogP contribution in [0.1, 0.15) is 103 Å². The Morgan fingerprint density at radius 1 is 0.966 bits per heavy atom. The zero-order chi connectivity index (χ0) is 22.6. The molecule has 2 N–H and O–H groups in total. The molecule has 0 aliphatic carbocycles. The Hall–Kier alpha value is -1.00. The standard InChI is InChI=1S/C25H42O3S/c1-17(2)12-10-9-11-13-19-20(23(3,4)5)14-18(15-21(19)24(6,7)8)16-25(28,29)22(26)27/h14-15,17,28-29H,9-13,16H2,1-8H3,(H,26,27). The Kier molecular flexibility index (Phi) is 8.86. The van der Waals surface area contributed by atoms with Crippen molar-refractivity contribution in [3.8, 4) is 0 Å². The summed E-state index contributed by atoms with van der Waals surface area (Å²) in [5.41, 5.74) is 4.57. The monoisotopic (exact) mass is 422 g/mol. The summed E-state index contributed by atoms with van der Waals surface area (Å²) >= 11 is 3.98. The highest BCUT2D eigenvalue weighted by Crippen LogP contribution is 2.37. The molecule has 0 spiro atoms. The lowest BCUT2D eigenvalue weighted by molar-refractivity contribution is -0.149. The number of hydrogen-bond donors (Lipinski definition) is 3. The summed E-state index contributed by atoms with van der Waals surface area (Å²) < 4.78 is 0. The maximum atomic E-state index is 11.4. The van der Waals surface area contributed by atoms with Gasteiger partial charge in [0.1, 0.15) is 0 Å². The minimum Gasteiger partial charge on any atom is -0.478 e. The van der Waals surface area contributed by atoms with Crippen molar-refractivity contribution >= 4 is 18.6 Å². The third-order valence-electron chi connectivity index (χ3n) is 5.43. The fourth-order valence-corrected chi connectivity index (χ4v) is 4.02. The lowest BCUT2D eigenvalue weighted by Gasteiger charge is -2.32. The van der Waals surface area contributed by atoms with E-state index < -0.39 is 10.9 Å². The zero-order valence-corrected chi connectivity index (χ0v) is 20.6. The van der Waals surface area contributed by atoms with Crippen LogP contribution in [0.3, 0.4) is 0 Å². The normalized spacial score (nSPS) is 14.9. The van der Waals surface area contributed by atoms with Crippen LogP contribution >= 0.6 is 12.6 Å². The second-order valence-corrected chi connectivity index (χ2v) is 11.7. The van der Waals surface area contributed by atoms with Gasteiger partial charge in [-0.15, -0.1) is 12.6 Å². The minimum absolute atomic E-state index is 0.0216. The molecule has 0 heterocycles. The summed E-state index contributed by atoms with van der Waals surface area (Å²) in [4.78, 5) is 9.31. The average Bonchev–Trinajstić information content (AvgIpc) is 2.52. The largest absolute Gasteiger partial charge is 0.478 e. The number of aliphatic carboxylic acids is 1. The summed E-state index contributed by atoms with van der Waals surface area (Å²) in [5.74, 6) is -0.566. The fourth-order valence-electron chi connectivity index (χ4n) is 3.83. The van der Waals surface area contributed by atoms with E-state index in [0.717, 1.165) is 24.3 Å². The quantitative estimate of drug-likeness (QED) is 0.249. The molecule has 0 bridgehead atoms. The molecule has 1 aromatic rings. The van der Waals surface area contributed by atoms with Gasteiger partial charge in [-0.3, -0.25) is 0 Å². The molecule has 1 atom stereocenters. The number of carboxylic acids is 1. The molecule has 0 amide bonds. The highest BCUT2D eigenvalue weighted by atomic mass is 32.1. The van der Waals surface area contributed by atoms with Crippen LogP contribution in [0.15, 0.2) is 12.1 Å². The van der Waals surface area contributed by atoms with E-state index in [1.54, 1.807) is 0 Å². The van der Waals surface area contributed by atoms with E-state index in [0.29, 0.717) is 0 Å². The number of thiol groups is 1. The maximum Gasteiger partial charge on any atom is 0.346 e. The Morgan fingerprint density at radius 2 is 1.45 bits per heavy atom. The van der Waals surface area contributed by atoms with E-state index in [4.69, 9.17) is 0 Å². The van der Waals surface area contributed by atoms with Gasteiger partial charge in [0, 0.05) is 6.42 Å². The number of rotatable bonds is 9. The second kappa shape index (κ2) is 9.87. The van der Waals surface area contributed by atoms with Crippen LogP contribution in [-0.4, -0.2) is 21.1 Å². The van der Waals surface area contributed by atoms with Gasteiger partial charge in [0.25, 0.3) is 0 Å². The zero-order valence-electron chi connectivity index (χ0n) is 19.7. The van der Waals surface area contributed by atoms with E-state index in [1.807, 2.05) is 0 Å². The molecule has 3 nitrogen and oxygen atoms in total. The summed E-state index contributed by atoms with van der Waals surface area (Å²) in [6.07, 6.45) is 5.92.